The summed E-state index contributed by atoms with van der Waals surface area (Å²) in [4.78, 5) is 0. The number of methoxy groups -OCH3 is 1. The van der Waals surface area contributed by atoms with E-state index in [2.05, 4.69) is 11.4 Å². The lowest BCUT2D eigenvalue weighted by Crippen LogP contribution is -1.97. The van der Waals surface area contributed by atoms with Gasteiger partial charge in [-0.2, -0.15) is 5.26 Å². The number of anilines is 2. The monoisotopic (exact) mass is 252 g/mol. The predicted octanol–water partition coefficient (Wildman–Crippen LogP) is 3.93. The Bertz CT molecular complexity index is 642. The summed E-state index contributed by atoms with van der Waals surface area (Å²) in [5.41, 5.74) is 4.76. The average molecular weight is 252 g/mol. The molecule has 2 aromatic rings. The van der Waals surface area contributed by atoms with E-state index in [0.717, 1.165) is 28.3 Å². The van der Waals surface area contributed by atoms with E-state index in [9.17, 15) is 0 Å². The number of hydrogen-bond acceptors (Lipinski definition) is 3. The molecule has 0 saturated carbocycles. The van der Waals surface area contributed by atoms with Crippen molar-refractivity contribution in [1.29, 1.82) is 5.26 Å². The predicted molar refractivity (Wildman–Crippen MR) is 76.9 cm³/mol. The minimum absolute atomic E-state index is 0.666. The van der Waals surface area contributed by atoms with Crippen LogP contribution in [0, 0.1) is 25.2 Å². The van der Waals surface area contributed by atoms with Crippen LogP contribution >= 0.6 is 0 Å². The van der Waals surface area contributed by atoms with Gasteiger partial charge in [-0.25, -0.2) is 0 Å². The molecule has 2 aromatic carbocycles. The van der Waals surface area contributed by atoms with Crippen LogP contribution in [0.4, 0.5) is 11.4 Å². The summed E-state index contributed by atoms with van der Waals surface area (Å²) in [6, 6.07) is 13.7. The SMILES string of the molecule is COc1ccc(C)cc1Nc1ccc(C#N)cc1C. The lowest BCUT2D eigenvalue weighted by Gasteiger charge is -2.14. The maximum atomic E-state index is 8.87. The Labute approximate surface area is 113 Å². The first-order valence-corrected chi connectivity index (χ1v) is 6.06. The minimum Gasteiger partial charge on any atom is -0.495 e. The number of hydrogen-bond donors (Lipinski definition) is 1. The number of nitrogens with zero attached hydrogens (tertiary/aromatic N) is 1. The van der Waals surface area contributed by atoms with Crippen molar-refractivity contribution >= 4 is 11.4 Å². The molecule has 0 heterocycles. The molecule has 0 amide bonds. The van der Waals surface area contributed by atoms with Crippen molar-refractivity contribution < 1.29 is 4.74 Å². The van der Waals surface area contributed by atoms with Crippen LogP contribution in [0.25, 0.3) is 0 Å². The molecular weight excluding hydrogens is 236 g/mol. The molecule has 0 atom stereocenters. The molecule has 0 bridgehead atoms. The summed E-state index contributed by atoms with van der Waals surface area (Å²) in [5, 5.41) is 12.2. The normalized spacial score (nSPS) is 9.79. The second kappa shape index (κ2) is 5.45. The zero-order chi connectivity index (χ0) is 13.8. The summed E-state index contributed by atoms with van der Waals surface area (Å²) in [7, 11) is 1.65. The molecule has 0 fully saturated rings. The van der Waals surface area contributed by atoms with Gasteiger partial charge in [-0.15, -0.1) is 0 Å². The van der Waals surface area contributed by atoms with E-state index < -0.39 is 0 Å². The highest BCUT2D eigenvalue weighted by molar-refractivity contribution is 5.69. The van der Waals surface area contributed by atoms with Crippen LogP contribution in [-0.4, -0.2) is 7.11 Å². The Kier molecular flexibility index (Phi) is 3.72. The van der Waals surface area contributed by atoms with Crippen molar-refractivity contribution in [2.75, 3.05) is 12.4 Å². The molecule has 96 valence electrons. The second-order valence-corrected chi connectivity index (χ2v) is 4.47. The van der Waals surface area contributed by atoms with Gasteiger partial charge in [0.15, 0.2) is 0 Å². The molecule has 3 heteroatoms. The van der Waals surface area contributed by atoms with Crippen molar-refractivity contribution in [3.8, 4) is 11.8 Å². The lowest BCUT2D eigenvalue weighted by molar-refractivity contribution is 0.416. The molecule has 1 N–H and O–H groups in total. The Morgan fingerprint density at radius 3 is 2.47 bits per heavy atom. The lowest BCUT2D eigenvalue weighted by atomic mass is 10.1. The third-order valence-corrected chi connectivity index (χ3v) is 2.98. The highest BCUT2D eigenvalue weighted by atomic mass is 16.5. The molecule has 0 aromatic heterocycles. The van der Waals surface area contributed by atoms with Gasteiger partial charge in [-0.3, -0.25) is 0 Å². The molecule has 0 aliphatic heterocycles. The molecule has 0 aliphatic rings. The number of rotatable bonds is 3. The molecule has 0 radical (unpaired) electrons. The molecule has 0 spiro atoms. The number of benzene rings is 2. The molecule has 0 aliphatic carbocycles. The first-order valence-electron chi connectivity index (χ1n) is 6.06. The van der Waals surface area contributed by atoms with Gasteiger partial charge in [0.25, 0.3) is 0 Å². The Hall–Kier alpha value is -2.47. The van der Waals surface area contributed by atoms with Crippen molar-refractivity contribution in [2.24, 2.45) is 0 Å². The third kappa shape index (κ3) is 2.86. The highest BCUT2D eigenvalue weighted by Crippen LogP contribution is 2.30. The molecule has 0 saturated heterocycles. The van der Waals surface area contributed by atoms with Crippen molar-refractivity contribution in [1.82, 2.24) is 0 Å². The summed E-state index contributed by atoms with van der Waals surface area (Å²) < 4.78 is 5.34. The highest BCUT2D eigenvalue weighted by Gasteiger charge is 2.06. The van der Waals surface area contributed by atoms with Crippen LogP contribution in [0.1, 0.15) is 16.7 Å². The van der Waals surface area contributed by atoms with Gasteiger partial charge >= 0.3 is 0 Å². The van der Waals surface area contributed by atoms with E-state index in [1.165, 1.54) is 0 Å². The number of nitriles is 1. The fraction of sp³-hybridized carbons (Fsp3) is 0.188. The van der Waals surface area contributed by atoms with Crippen LogP contribution in [0.2, 0.25) is 0 Å². The van der Waals surface area contributed by atoms with E-state index in [0.29, 0.717) is 5.56 Å². The van der Waals surface area contributed by atoms with Gasteiger partial charge in [0.05, 0.1) is 24.4 Å². The molecular formula is C16H16N2O. The van der Waals surface area contributed by atoms with Gasteiger partial charge in [0.1, 0.15) is 5.75 Å². The van der Waals surface area contributed by atoms with E-state index >= 15 is 0 Å². The van der Waals surface area contributed by atoms with E-state index in [4.69, 9.17) is 10.00 Å². The smallest absolute Gasteiger partial charge is 0.142 e. The number of nitrogens with one attached hydrogen (secondary N) is 1. The quantitative estimate of drug-likeness (QED) is 0.900. The average Bonchev–Trinajstić information content (AvgIpc) is 2.41. The zero-order valence-electron chi connectivity index (χ0n) is 11.3. The Morgan fingerprint density at radius 2 is 1.84 bits per heavy atom. The minimum atomic E-state index is 0.666. The first kappa shape index (κ1) is 13.0. The maximum Gasteiger partial charge on any atom is 0.142 e. The van der Waals surface area contributed by atoms with Crippen LogP contribution in [-0.2, 0) is 0 Å². The Balaban J connectivity index is 2.36. The standard InChI is InChI=1S/C16H16N2O/c1-11-4-7-16(19-3)15(8-11)18-14-6-5-13(10-17)9-12(14)2/h4-9,18H,1-3H3. The van der Waals surface area contributed by atoms with Crippen molar-refractivity contribution in [2.45, 2.75) is 13.8 Å². The van der Waals surface area contributed by atoms with Gasteiger partial charge in [0.2, 0.25) is 0 Å². The topological polar surface area (TPSA) is 45.0 Å². The molecule has 3 nitrogen and oxygen atoms in total. The van der Waals surface area contributed by atoms with E-state index in [1.807, 2.05) is 44.2 Å². The summed E-state index contributed by atoms with van der Waals surface area (Å²) >= 11 is 0. The van der Waals surface area contributed by atoms with Gasteiger partial charge in [0, 0.05) is 5.69 Å². The molecule has 0 unspecified atom stereocenters. The van der Waals surface area contributed by atoms with Gasteiger partial charge < -0.3 is 10.1 Å². The first-order chi connectivity index (χ1) is 9.13. The fourth-order valence-corrected chi connectivity index (χ4v) is 1.94. The van der Waals surface area contributed by atoms with Crippen LogP contribution in [0.5, 0.6) is 5.75 Å². The van der Waals surface area contributed by atoms with Crippen LogP contribution in [0.3, 0.4) is 0 Å². The number of ether oxygens (including phenoxy) is 1. The number of aryl methyl sites for hydroxylation is 2. The third-order valence-electron chi connectivity index (χ3n) is 2.98. The van der Waals surface area contributed by atoms with Crippen LogP contribution < -0.4 is 10.1 Å². The fourth-order valence-electron chi connectivity index (χ4n) is 1.94. The summed E-state index contributed by atoms with van der Waals surface area (Å²) in [6.45, 7) is 4.02. The molecule has 19 heavy (non-hydrogen) atoms. The van der Waals surface area contributed by atoms with Gasteiger partial charge in [-0.05, 0) is 55.3 Å². The maximum absolute atomic E-state index is 8.87. The van der Waals surface area contributed by atoms with E-state index in [-0.39, 0.29) is 0 Å². The summed E-state index contributed by atoms with van der Waals surface area (Å²) in [6.07, 6.45) is 0. The zero-order valence-corrected chi connectivity index (χ0v) is 11.3. The summed E-state index contributed by atoms with van der Waals surface area (Å²) in [5.74, 6) is 0.800. The van der Waals surface area contributed by atoms with E-state index in [1.54, 1.807) is 13.2 Å². The molecule has 2 rings (SSSR count). The second-order valence-electron chi connectivity index (χ2n) is 4.47. The largest absolute Gasteiger partial charge is 0.495 e. The Morgan fingerprint density at radius 1 is 1.05 bits per heavy atom. The van der Waals surface area contributed by atoms with Crippen molar-refractivity contribution in [3.05, 3.63) is 53.1 Å². The van der Waals surface area contributed by atoms with Crippen molar-refractivity contribution in [3.63, 3.8) is 0 Å². The van der Waals surface area contributed by atoms with Crippen LogP contribution in [0.15, 0.2) is 36.4 Å². The van der Waals surface area contributed by atoms with Gasteiger partial charge in [-0.1, -0.05) is 6.07 Å².